The van der Waals surface area contributed by atoms with E-state index < -0.39 is 0 Å². The highest BCUT2D eigenvalue weighted by Crippen LogP contribution is 2.57. The van der Waals surface area contributed by atoms with Gasteiger partial charge in [0.2, 0.25) is 0 Å². The predicted octanol–water partition coefficient (Wildman–Crippen LogP) is 3.63. The molecule has 2 N–H and O–H groups in total. The average Bonchev–Trinajstić information content (AvgIpc) is 2.33. The van der Waals surface area contributed by atoms with Crippen molar-refractivity contribution in [3.05, 3.63) is 35.4 Å². The van der Waals surface area contributed by atoms with Gasteiger partial charge in [-0.05, 0) is 67.5 Å². The van der Waals surface area contributed by atoms with Gasteiger partial charge in [-0.15, -0.1) is 0 Å². The molecule has 1 aromatic carbocycles. The maximum absolute atomic E-state index is 5.85. The number of aryl methyl sites for hydroxylation is 1. The molecule has 0 heterocycles. The van der Waals surface area contributed by atoms with E-state index in [1.165, 1.54) is 44.9 Å². The predicted molar refractivity (Wildman–Crippen MR) is 72.1 cm³/mol. The van der Waals surface area contributed by atoms with Crippen LogP contribution in [0.3, 0.4) is 0 Å². The van der Waals surface area contributed by atoms with Crippen LogP contribution in [-0.2, 0) is 6.42 Å². The van der Waals surface area contributed by atoms with Crippen LogP contribution < -0.4 is 5.73 Å². The lowest BCUT2D eigenvalue weighted by Crippen LogP contribution is -2.39. The monoisotopic (exact) mass is 229 g/mol. The lowest BCUT2D eigenvalue weighted by molar-refractivity contribution is 0.0733. The summed E-state index contributed by atoms with van der Waals surface area (Å²) in [4.78, 5) is 0. The summed E-state index contributed by atoms with van der Waals surface area (Å²) in [6.45, 7) is 0.860. The first-order valence-electron chi connectivity index (χ1n) is 7.14. The van der Waals surface area contributed by atoms with E-state index >= 15 is 0 Å². The Morgan fingerprint density at radius 2 is 2.00 bits per heavy atom. The van der Waals surface area contributed by atoms with E-state index in [9.17, 15) is 0 Å². The second-order valence-electron chi connectivity index (χ2n) is 5.90. The van der Waals surface area contributed by atoms with Crippen LogP contribution in [0.15, 0.2) is 24.3 Å². The fourth-order valence-electron chi connectivity index (χ4n) is 4.08. The van der Waals surface area contributed by atoms with Gasteiger partial charge in [0.1, 0.15) is 0 Å². The molecule has 1 saturated carbocycles. The molecule has 0 aliphatic heterocycles. The molecule has 0 spiro atoms. The van der Waals surface area contributed by atoms with Gasteiger partial charge in [0.25, 0.3) is 0 Å². The Hall–Kier alpha value is -0.820. The molecule has 1 nitrogen and oxygen atoms in total. The molecule has 0 aromatic heterocycles. The van der Waals surface area contributed by atoms with Gasteiger partial charge >= 0.3 is 0 Å². The molecular weight excluding hydrogens is 206 g/mol. The van der Waals surface area contributed by atoms with Crippen molar-refractivity contribution in [2.24, 2.45) is 11.1 Å². The van der Waals surface area contributed by atoms with E-state index in [0.717, 1.165) is 12.5 Å². The Morgan fingerprint density at radius 3 is 2.71 bits per heavy atom. The van der Waals surface area contributed by atoms with Crippen molar-refractivity contribution in [3.63, 3.8) is 0 Å². The zero-order valence-electron chi connectivity index (χ0n) is 10.6. The number of fused-ring (bicyclic) bond motifs is 1. The highest BCUT2D eigenvalue weighted by molar-refractivity contribution is 5.34. The topological polar surface area (TPSA) is 26.0 Å². The number of hydrogen-bond donors (Lipinski definition) is 1. The molecule has 1 heteroatoms. The van der Waals surface area contributed by atoms with Gasteiger partial charge in [0.05, 0.1) is 0 Å². The van der Waals surface area contributed by atoms with Gasteiger partial charge in [-0.1, -0.05) is 30.7 Å². The van der Waals surface area contributed by atoms with Gasteiger partial charge in [-0.2, -0.15) is 0 Å². The van der Waals surface area contributed by atoms with Crippen molar-refractivity contribution in [2.45, 2.75) is 50.9 Å². The van der Waals surface area contributed by atoms with Crippen molar-refractivity contribution in [1.82, 2.24) is 0 Å². The fraction of sp³-hybridized carbons (Fsp3) is 0.625. The largest absolute Gasteiger partial charge is 0.330 e. The summed E-state index contributed by atoms with van der Waals surface area (Å²) >= 11 is 0. The summed E-state index contributed by atoms with van der Waals surface area (Å²) in [5.41, 5.74) is 9.66. The molecule has 1 aromatic rings. The highest BCUT2D eigenvalue weighted by Gasteiger charge is 2.44. The molecule has 0 radical (unpaired) electrons. The fourth-order valence-corrected chi connectivity index (χ4v) is 4.08. The van der Waals surface area contributed by atoms with Crippen LogP contribution in [0.5, 0.6) is 0 Å². The maximum Gasteiger partial charge on any atom is -0.00718 e. The third-order valence-corrected chi connectivity index (χ3v) is 5.10. The van der Waals surface area contributed by atoms with Crippen molar-refractivity contribution in [3.8, 4) is 0 Å². The number of hydrogen-bond acceptors (Lipinski definition) is 1. The normalized spacial score (nSPS) is 26.1. The standard InChI is InChI=1S/C16H23N/c17-12-11-16(9-4-10-16)15-8-3-6-13-5-1-2-7-14(13)15/h1-2,5,7,15H,3-4,6,8-12,17H2. The molecule has 0 amide bonds. The van der Waals surface area contributed by atoms with Gasteiger partial charge in [0.15, 0.2) is 0 Å². The molecule has 92 valence electrons. The average molecular weight is 229 g/mol. The molecule has 1 unspecified atom stereocenters. The van der Waals surface area contributed by atoms with Crippen LogP contribution in [0.25, 0.3) is 0 Å². The lowest BCUT2D eigenvalue weighted by Gasteiger charge is -2.50. The number of benzene rings is 1. The summed E-state index contributed by atoms with van der Waals surface area (Å²) in [6, 6.07) is 9.11. The van der Waals surface area contributed by atoms with Gasteiger partial charge in [-0.3, -0.25) is 0 Å². The molecule has 3 rings (SSSR count). The van der Waals surface area contributed by atoms with Gasteiger partial charge in [0, 0.05) is 0 Å². The highest BCUT2D eigenvalue weighted by atomic mass is 14.6. The Balaban J connectivity index is 1.94. The van der Waals surface area contributed by atoms with Crippen molar-refractivity contribution < 1.29 is 0 Å². The summed E-state index contributed by atoms with van der Waals surface area (Å²) in [5.74, 6) is 0.796. The first-order chi connectivity index (χ1) is 8.36. The van der Waals surface area contributed by atoms with Crippen molar-refractivity contribution >= 4 is 0 Å². The number of nitrogens with two attached hydrogens (primary N) is 1. The third-order valence-electron chi connectivity index (χ3n) is 5.10. The summed E-state index contributed by atoms with van der Waals surface area (Å²) in [6.07, 6.45) is 9.49. The van der Waals surface area contributed by atoms with Crippen LogP contribution in [0.4, 0.5) is 0 Å². The van der Waals surface area contributed by atoms with E-state index in [1.54, 1.807) is 11.1 Å². The van der Waals surface area contributed by atoms with Gasteiger partial charge in [-0.25, -0.2) is 0 Å². The molecular formula is C16H23N. The third kappa shape index (κ3) is 1.81. The molecule has 0 saturated heterocycles. The first-order valence-corrected chi connectivity index (χ1v) is 7.14. The Morgan fingerprint density at radius 1 is 1.18 bits per heavy atom. The molecule has 0 bridgehead atoms. The van der Waals surface area contributed by atoms with Crippen molar-refractivity contribution in [1.29, 1.82) is 0 Å². The van der Waals surface area contributed by atoms with Crippen LogP contribution in [0.1, 0.15) is 55.6 Å². The summed E-state index contributed by atoms with van der Waals surface area (Å²) in [7, 11) is 0. The zero-order chi connectivity index (χ0) is 11.7. The minimum Gasteiger partial charge on any atom is -0.330 e. The molecule has 1 atom stereocenters. The second kappa shape index (κ2) is 4.45. The SMILES string of the molecule is NCCC1(C2CCCc3ccccc32)CCC1. The van der Waals surface area contributed by atoms with E-state index in [4.69, 9.17) is 5.73 Å². The molecule has 1 fully saturated rings. The summed E-state index contributed by atoms with van der Waals surface area (Å²) < 4.78 is 0. The van der Waals surface area contributed by atoms with Gasteiger partial charge < -0.3 is 5.73 Å². The van der Waals surface area contributed by atoms with E-state index in [2.05, 4.69) is 24.3 Å². The quantitative estimate of drug-likeness (QED) is 0.841. The Bertz CT molecular complexity index is 392. The van der Waals surface area contributed by atoms with Crippen LogP contribution in [0, 0.1) is 5.41 Å². The molecule has 17 heavy (non-hydrogen) atoms. The van der Waals surface area contributed by atoms with Crippen LogP contribution in [0.2, 0.25) is 0 Å². The van der Waals surface area contributed by atoms with E-state index in [0.29, 0.717) is 5.41 Å². The van der Waals surface area contributed by atoms with Crippen molar-refractivity contribution in [2.75, 3.05) is 6.54 Å². The molecule has 2 aliphatic rings. The van der Waals surface area contributed by atoms with E-state index in [-0.39, 0.29) is 0 Å². The van der Waals surface area contributed by atoms with E-state index in [1.807, 2.05) is 0 Å². The minimum atomic E-state index is 0.561. The Kier molecular flexibility index (Phi) is 2.96. The zero-order valence-corrected chi connectivity index (χ0v) is 10.6. The lowest BCUT2D eigenvalue weighted by atomic mass is 9.55. The summed E-state index contributed by atoms with van der Waals surface area (Å²) in [5, 5.41) is 0. The maximum atomic E-state index is 5.85. The first kappa shape index (κ1) is 11.3. The minimum absolute atomic E-state index is 0.561. The van der Waals surface area contributed by atoms with Crippen LogP contribution >= 0.6 is 0 Å². The molecule has 2 aliphatic carbocycles. The Labute approximate surface area is 104 Å². The van der Waals surface area contributed by atoms with Crippen LogP contribution in [-0.4, -0.2) is 6.54 Å². The smallest absolute Gasteiger partial charge is 0.00718 e. The second-order valence-corrected chi connectivity index (χ2v) is 5.90. The number of rotatable bonds is 3.